The average Bonchev–Trinajstić information content (AvgIpc) is 2.97. The van der Waals surface area contributed by atoms with Crippen molar-refractivity contribution < 1.29 is 29.0 Å². The van der Waals surface area contributed by atoms with E-state index in [-0.39, 0.29) is 51.2 Å². The van der Waals surface area contributed by atoms with Gasteiger partial charge in [-0.1, -0.05) is 54.6 Å². The minimum absolute atomic E-state index is 0.0220. The molecule has 178 valence electrons. The van der Waals surface area contributed by atoms with Gasteiger partial charge in [0.05, 0.1) is 19.1 Å². The Morgan fingerprint density at radius 2 is 1.79 bits per heavy atom. The lowest BCUT2D eigenvalue weighted by atomic mass is 9.98. The molecule has 0 radical (unpaired) electrons. The molecule has 8 heteroatoms. The highest BCUT2D eigenvalue weighted by Crippen LogP contribution is 2.44. The zero-order valence-corrected chi connectivity index (χ0v) is 18.8. The van der Waals surface area contributed by atoms with Crippen LogP contribution in [0.1, 0.15) is 23.5 Å². The molecule has 2 unspecified atom stereocenters. The first kappa shape index (κ1) is 23.5. The number of nitrogens with one attached hydrogen (secondary N) is 1. The van der Waals surface area contributed by atoms with Crippen LogP contribution in [0.25, 0.3) is 11.1 Å². The van der Waals surface area contributed by atoms with E-state index in [1.165, 1.54) is 11.0 Å². The minimum atomic E-state index is -1.02. The van der Waals surface area contributed by atoms with E-state index in [1.54, 1.807) is 0 Å². The summed E-state index contributed by atoms with van der Waals surface area (Å²) in [6.07, 6.45) is 1.02. The molecule has 34 heavy (non-hydrogen) atoms. The van der Waals surface area contributed by atoms with Gasteiger partial charge in [-0.15, -0.1) is 6.58 Å². The average molecular weight is 465 g/mol. The lowest BCUT2D eigenvalue weighted by Crippen LogP contribution is -2.50. The summed E-state index contributed by atoms with van der Waals surface area (Å²) in [5, 5.41) is 12.0. The Morgan fingerprint density at radius 3 is 2.41 bits per heavy atom. The molecule has 1 aliphatic carbocycles. The molecule has 2 atom stereocenters. The SMILES string of the molecule is C=CCC(NC(=O)OCC1c2ccccc2-c2ccccc21)C(=O)N1CCOCC(C(=O)O)C1. The fourth-order valence-corrected chi connectivity index (χ4v) is 4.55. The number of carbonyl (C=O) groups is 3. The van der Waals surface area contributed by atoms with Gasteiger partial charge in [0.15, 0.2) is 0 Å². The van der Waals surface area contributed by atoms with E-state index < -0.39 is 24.0 Å². The van der Waals surface area contributed by atoms with E-state index in [0.717, 1.165) is 22.3 Å². The zero-order valence-electron chi connectivity index (χ0n) is 18.8. The minimum Gasteiger partial charge on any atom is -0.481 e. The molecule has 2 N–H and O–H groups in total. The molecule has 1 fully saturated rings. The summed E-state index contributed by atoms with van der Waals surface area (Å²) in [6.45, 7) is 4.37. The lowest BCUT2D eigenvalue weighted by Gasteiger charge is -2.27. The van der Waals surface area contributed by atoms with Gasteiger partial charge in [-0.25, -0.2) is 4.79 Å². The number of hydrogen-bond donors (Lipinski definition) is 2. The fourth-order valence-electron chi connectivity index (χ4n) is 4.55. The molecule has 0 aromatic heterocycles. The van der Waals surface area contributed by atoms with Crippen LogP contribution in [0.5, 0.6) is 0 Å². The first-order valence-electron chi connectivity index (χ1n) is 11.3. The second-order valence-corrected chi connectivity index (χ2v) is 8.44. The van der Waals surface area contributed by atoms with Crippen molar-refractivity contribution in [3.05, 3.63) is 72.3 Å². The fraction of sp³-hybridized carbons (Fsp3) is 0.346. The number of carboxylic acid groups (broad SMARTS) is 1. The number of rotatable bonds is 7. The van der Waals surface area contributed by atoms with Gasteiger partial charge in [0.1, 0.15) is 12.6 Å². The number of alkyl carbamates (subject to hydrolysis) is 1. The predicted octanol–water partition coefficient (Wildman–Crippen LogP) is 3.03. The normalized spacial score (nSPS) is 18.2. The van der Waals surface area contributed by atoms with Crippen molar-refractivity contribution in [1.29, 1.82) is 0 Å². The molecular weight excluding hydrogens is 436 g/mol. The summed E-state index contributed by atoms with van der Waals surface area (Å²) in [4.78, 5) is 38.6. The van der Waals surface area contributed by atoms with Crippen LogP contribution < -0.4 is 5.32 Å². The highest BCUT2D eigenvalue weighted by Gasteiger charge is 2.33. The number of ether oxygens (including phenoxy) is 2. The van der Waals surface area contributed by atoms with Gasteiger partial charge in [-0.05, 0) is 28.7 Å². The van der Waals surface area contributed by atoms with Gasteiger partial charge in [0.25, 0.3) is 0 Å². The van der Waals surface area contributed by atoms with Crippen LogP contribution in [0.3, 0.4) is 0 Å². The van der Waals surface area contributed by atoms with E-state index >= 15 is 0 Å². The van der Waals surface area contributed by atoms with E-state index in [9.17, 15) is 19.5 Å². The van der Waals surface area contributed by atoms with Crippen LogP contribution >= 0.6 is 0 Å². The van der Waals surface area contributed by atoms with Gasteiger partial charge >= 0.3 is 12.1 Å². The molecule has 1 aliphatic heterocycles. The Kier molecular flexibility index (Phi) is 7.27. The summed E-state index contributed by atoms with van der Waals surface area (Å²) in [7, 11) is 0. The van der Waals surface area contributed by atoms with Crippen molar-refractivity contribution in [3.8, 4) is 11.1 Å². The number of fused-ring (bicyclic) bond motifs is 3. The number of carboxylic acids is 1. The number of nitrogens with zero attached hydrogens (tertiary/aromatic N) is 1. The number of benzene rings is 2. The lowest BCUT2D eigenvalue weighted by molar-refractivity contribution is -0.144. The highest BCUT2D eigenvalue weighted by atomic mass is 16.5. The third-order valence-corrected chi connectivity index (χ3v) is 6.26. The first-order chi connectivity index (χ1) is 16.5. The molecular formula is C26H28N2O6. The quantitative estimate of drug-likeness (QED) is 0.611. The van der Waals surface area contributed by atoms with E-state index in [0.29, 0.717) is 0 Å². The molecule has 0 bridgehead atoms. The van der Waals surface area contributed by atoms with Crippen molar-refractivity contribution in [2.24, 2.45) is 5.92 Å². The monoisotopic (exact) mass is 464 g/mol. The van der Waals surface area contributed by atoms with Crippen LogP contribution in [0.15, 0.2) is 61.2 Å². The number of amides is 2. The predicted molar refractivity (Wildman–Crippen MR) is 125 cm³/mol. The van der Waals surface area contributed by atoms with Gasteiger partial charge in [-0.2, -0.15) is 0 Å². The number of hydrogen-bond acceptors (Lipinski definition) is 5. The second-order valence-electron chi connectivity index (χ2n) is 8.44. The van der Waals surface area contributed by atoms with Gasteiger partial charge in [-0.3, -0.25) is 9.59 Å². The largest absolute Gasteiger partial charge is 0.481 e. The van der Waals surface area contributed by atoms with Crippen molar-refractivity contribution in [1.82, 2.24) is 10.2 Å². The summed E-state index contributed by atoms with van der Waals surface area (Å²) >= 11 is 0. The van der Waals surface area contributed by atoms with Crippen molar-refractivity contribution in [2.75, 3.05) is 32.9 Å². The summed E-state index contributed by atoms with van der Waals surface area (Å²) in [5.74, 6) is -2.31. The van der Waals surface area contributed by atoms with Crippen LogP contribution in [0.2, 0.25) is 0 Å². The Balaban J connectivity index is 1.41. The molecule has 4 rings (SSSR count). The van der Waals surface area contributed by atoms with Crippen molar-refractivity contribution in [2.45, 2.75) is 18.4 Å². The number of aliphatic carboxylic acids is 1. The van der Waals surface area contributed by atoms with Gasteiger partial charge in [0.2, 0.25) is 5.91 Å². The van der Waals surface area contributed by atoms with E-state index in [2.05, 4.69) is 24.0 Å². The van der Waals surface area contributed by atoms with E-state index in [4.69, 9.17) is 9.47 Å². The molecule has 2 amide bonds. The van der Waals surface area contributed by atoms with Crippen LogP contribution in [-0.2, 0) is 19.1 Å². The Labute approximate surface area is 198 Å². The molecule has 1 saturated heterocycles. The Bertz CT molecular complexity index is 1040. The van der Waals surface area contributed by atoms with E-state index in [1.807, 2.05) is 36.4 Å². The maximum absolute atomic E-state index is 13.1. The molecule has 8 nitrogen and oxygen atoms in total. The third kappa shape index (κ3) is 4.97. The standard InChI is InChI=1S/C26H28N2O6/c1-2-7-23(24(29)28-12-13-33-15-17(14-28)25(30)31)27-26(32)34-16-22-20-10-5-3-8-18(20)19-9-4-6-11-21(19)22/h2-6,8-11,17,22-23H,1,7,12-16H2,(H,27,32)(H,30,31). The molecule has 0 saturated carbocycles. The highest BCUT2D eigenvalue weighted by molar-refractivity contribution is 5.86. The number of carbonyl (C=O) groups excluding carboxylic acids is 2. The van der Waals surface area contributed by atoms with Crippen molar-refractivity contribution >= 4 is 18.0 Å². The maximum Gasteiger partial charge on any atom is 0.407 e. The summed E-state index contributed by atoms with van der Waals surface area (Å²) < 4.78 is 10.9. The van der Waals surface area contributed by atoms with Crippen LogP contribution in [-0.4, -0.2) is 66.9 Å². The molecule has 2 aliphatic rings. The molecule has 0 spiro atoms. The van der Waals surface area contributed by atoms with Crippen LogP contribution in [0.4, 0.5) is 4.79 Å². The summed E-state index contributed by atoms with van der Waals surface area (Å²) in [5.41, 5.74) is 4.45. The molecule has 2 aromatic carbocycles. The topological polar surface area (TPSA) is 105 Å². The molecule has 1 heterocycles. The van der Waals surface area contributed by atoms with Crippen molar-refractivity contribution in [3.63, 3.8) is 0 Å². The van der Waals surface area contributed by atoms with Crippen LogP contribution in [0, 0.1) is 5.92 Å². The maximum atomic E-state index is 13.1. The second kappa shape index (κ2) is 10.5. The molecule has 2 aromatic rings. The Morgan fingerprint density at radius 1 is 1.15 bits per heavy atom. The third-order valence-electron chi connectivity index (χ3n) is 6.26. The van der Waals surface area contributed by atoms with Gasteiger partial charge in [0, 0.05) is 19.0 Å². The Hall–Kier alpha value is -3.65. The van der Waals surface area contributed by atoms with Gasteiger partial charge < -0.3 is 24.8 Å². The summed E-state index contributed by atoms with van der Waals surface area (Å²) in [6, 6.07) is 15.2. The zero-order chi connectivity index (χ0) is 24.1. The smallest absolute Gasteiger partial charge is 0.407 e. The first-order valence-corrected chi connectivity index (χ1v) is 11.3.